The van der Waals surface area contributed by atoms with E-state index in [1.54, 1.807) is 12.4 Å². The van der Waals surface area contributed by atoms with Crippen molar-refractivity contribution in [3.05, 3.63) is 30.1 Å². The Labute approximate surface area is 121 Å². The summed E-state index contributed by atoms with van der Waals surface area (Å²) in [6.45, 7) is 8.17. The summed E-state index contributed by atoms with van der Waals surface area (Å²) in [7, 11) is 0. The topological polar surface area (TPSA) is 70.4 Å². The molecule has 1 rings (SSSR count). The monoisotopic (exact) mass is 276 g/mol. The molecule has 1 heterocycles. The highest BCUT2D eigenvalue weighted by atomic mass is 16.5. The van der Waals surface area contributed by atoms with E-state index >= 15 is 0 Å². The summed E-state index contributed by atoms with van der Waals surface area (Å²) in [5, 5.41) is 10.9. The Hall–Kier alpha value is -1.91. The molecule has 5 nitrogen and oxygen atoms in total. The van der Waals surface area contributed by atoms with Crippen molar-refractivity contribution in [2.75, 3.05) is 0 Å². The fourth-order valence-electron chi connectivity index (χ4n) is 1.58. The maximum absolute atomic E-state index is 7.78. The molecule has 0 saturated heterocycles. The largest absolute Gasteiger partial charge is 0.456 e. The number of amidine groups is 1. The first kappa shape index (κ1) is 16.1. The maximum Gasteiger partial charge on any atom is 0.310 e. The number of rotatable bonds is 5. The molecular formula is C15H24N4O. The molecule has 110 valence electrons. The van der Waals surface area contributed by atoms with E-state index in [1.807, 2.05) is 32.9 Å². The van der Waals surface area contributed by atoms with Crippen LogP contribution in [0.3, 0.4) is 0 Å². The molecule has 5 heteroatoms. The minimum atomic E-state index is -0.151. The lowest BCUT2D eigenvalue weighted by Crippen LogP contribution is -2.34. The molecule has 1 unspecified atom stereocenters. The summed E-state index contributed by atoms with van der Waals surface area (Å²) < 4.78 is 5.61. The number of nitrogens with one attached hydrogen (secondary N) is 2. The molecule has 1 atom stereocenters. The quantitative estimate of drug-likeness (QED) is 0.640. The van der Waals surface area contributed by atoms with Gasteiger partial charge in [0, 0.05) is 17.9 Å². The van der Waals surface area contributed by atoms with Gasteiger partial charge >= 0.3 is 6.02 Å². The molecule has 0 saturated carbocycles. The first-order valence-corrected chi connectivity index (χ1v) is 6.87. The Bertz CT molecular complexity index is 437. The summed E-state index contributed by atoms with van der Waals surface area (Å²) in [5.74, 6) is 0. The van der Waals surface area contributed by atoms with Gasteiger partial charge in [0.2, 0.25) is 0 Å². The fourth-order valence-corrected chi connectivity index (χ4v) is 1.58. The van der Waals surface area contributed by atoms with Gasteiger partial charge in [0.15, 0.2) is 0 Å². The molecule has 0 amide bonds. The van der Waals surface area contributed by atoms with Crippen LogP contribution in [0.5, 0.6) is 0 Å². The van der Waals surface area contributed by atoms with Gasteiger partial charge in [-0.05, 0) is 44.9 Å². The van der Waals surface area contributed by atoms with E-state index in [0.717, 1.165) is 18.4 Å². The van der Waals surface area contributed by atoms with Crippen LogP contribution < -0.4 is 5.32 Å². The van der Waals surface area contributed by atoms with Crippen LogP contribution in [-0.4, -0.2) is 22.9 Å². The van der Waals surface area contributed by atoms with Crippen molar-refractivity contribution in [2.45, 2.75) is 52.2 Å². The van der Waals surface area contributed by atoms with Gasteiger partial charge in [0.05, 0.1) is 6.34 Å². The van der Waals surface area contributed by atoms with Crippen molar-refractivity contribution in [3.63, 3.8) is 0 Å². The highest BCUT2D eigenvalue weighted by Gasteiger charge is 2.13. The second kappa shape index (κ2) is 7.62. The Morgan fingerprint density at radius 1 is 1.45 bits per heavy atom. The summed E-state index contributed by atoms with van der Waals surface area (Å²) >= 11 is 0. The number of aliphatic imine (C=N–C) groups is 1. The first-order valence-electron chi connectivity index (χ1n) is 6.87. The van der Waals surface area contributed by atoms with Crippen molar-refractivity contribution >= 4 is 12.4 Å². The van der Waals surface area contributed by atoms with Gasteiger partial charge in [-0.25, -0.2) is 5.41 Å². The second-order valence-electron chi connectivity index (χ2n) is 5.63. The molecule has 0 bridgehead atoms. The molecule has 20 heavy (non-hydrogen) atoms. The van der Waals surface area contributed by atoms with Crippen molar-refractivity contribution in [2.24, 2.45) is 4.99 Å². The summed E-state index contributed by atoms with van der Waals surface area (Å²) in [6.07, 6.45) is 6.64. The van der Waals surface area contributed by atoms with Crippen LogP contribution in [0, 0.1) is 5.41 Å². The predicted octanol–water partition coefficient (Wildman–Crippen LogP) is 3.29. The van der Waals surface area contributed by atoms with Crippen LogP contribution in [0.4, 0.5) is 0 Å². The molecule has 0 spiro atoms. The predicted molar refractivity (Wildman–Crippen MR) is 82.1 cm³/mol. The molecular weight excluding hydrogens is 252 g/mol. The van der Waals surface area contributed by atoms with Crippen molar-refractivity contribution < 1.29 is 4.74 Å². The van der Waals surface area contributed by atoms with Crippen LogP contribution in [0.1, 0.15) is 52.2 Å². The minimum Gasteiger partial charge on any atom is -0.456 e. The van der Waals surface area contributed by atoms with Crippen LogP contribution >= 0.6 is 0 Å². The van der Waals surface area contributed by atoms with Gasteiger partial charge in [0.25, 0.3) is 0 Å². The third kappa shape index (κ3) is 6.31. The van der Waals surface area contributed by atoms with Gasteiger partial charge in [0.1, 0.15) is 6.10 Å². The van der Waals surface area contributed by atoms with E-state index in [2.05, 4.69) is 22.2 Å². The van der Waals surface area contributed by atoms with E-state index in [9.17, 15) is 0 Å². The third-order valence-corrected chi connectivity index (χ3v) is 2.56. The standard InChI is InChI=1S/C15H24N4O/c1-5-6-13(12-7-9-17-10-8-12)20-14(16)18-11-19-15(2,3)4/h7-11,13H,5-6H2,1-4H3,(H2,16,18,19). The molecule has 1 aromatic heterocycles. The second-order valence-corrected chi connectivity index (χ2v) is 5.63. The Morgan fingerprint density at radius 2 is 2.10 bits per heavy atom. The van der Waals surface area contributed by atoms with Gasteiger partial charge in [-0.2, -0.15) is 4.99 Å². The van der Waals surface area contributed by atoms with Gasteiger partial charge in [-0.3, -0.25) is 4.98 Å². The average Bonchev–Trinajstić information content (AvgIpc) is 2.38. The lowest BCUT2D eigenvalue weighted by atomic mass is 10.1. The highest BCUT2D eigenvalue weighted by Crippen LogP contribution is 2.22. The van der Waals surface area contributed by atoms with E-state index in [0.29, 0.717) is 0 Å². The van der Waals surface area contributed by atoms with E-state index < -0.39 is 0 Å². The van der Waals surface area contributed by atoms with Crippen LogP contribution in [0.25, 0.3) is 0 Å². The summed E-state index contributed by atoms with van der Waals surface area (Å²) in [6, 6.07) is 3.73. The Kier molecular flexibility index (Phi) is 6.15. The van der Waals surface area contributed by atoms with Crippen molar-refractivity contribution in [1.29, 1.82) is 5.41 Å². The lowest BCUT2D eigenvalue weighted by Gasteiger charge is -2.19. The first-order chi connectivity index (χ1) is 9.42. The van der Waals surface area contributed by atoms with Crippen molar-refractivity contribution in [3.8, 4) is 0 Å². The van der Waals surface area contributed by atoms with Gasteiger partial charge in [-0.1, -0.05) is 13.3 Å². The van der Waals surface area contributed by atoms with E-state index in [1.165, 1.54) is 6.34 Å². The van der Waals surface area contributed by atoms with Crippen LogP contribution in [0.2, 0.25) is 0 Å². The zero-order valence-corrected chi connectivity index (χ0v) is 12.7. The smallest absolute Gasteiger partial charge is 0.310 e. The minimum absolute atomic E-state index is 0.0717. The molecule has 0 aliphatic heterocycles. The third-order valence-electron chi connectivity index (χ3n) is 2.56. The number of pyridine rings is 1. The van der Waals surface area contributed by atoms with Gasteiger partial charge < -0.3 is 10.1 Å². The summed E-state index contributed by atoms with van der Waals surface area (Å²) in [5.41, 5.74) is 0.947. The Morgan fingerprint density at radius 3 is 2.65 bits per heavy atom. The normalized spacial score (nSPS) is 13.2. The zero-order valence-electron chi connectivity index (χ0n) is 12.7. The van der Waals surface area contributed by atoms with Crippen molar-refractivity contribution in [1.82, 2.24) is 10.3 Å². The number of hydrogen-bond acceptors (Lipinski definition) is 3. The number of aromatic nitrogens is 1. The molecule has 0 fully saturated rings. The Balaban J connectivity index is 2.60. The number of hydrogen-bond donors (Lipinski definition) is 2. The highest BCUT2D eigenvalue weighted by molar-refractivity contribution is 5.80. The van der Waals surface area contributed by atoms with Crippen LogP contribution in [0.15, 0.2) is 29.5 Å². The van der Waals surface area contributed by atoms with Gasteiger partial charge in [-0.15, -0.1) is 0 Å². The van der Waals surface area contributed by atoms with Crippen LogP contribution in [-0.2, 0) is 4.74 Å². The number of nitrogens with zero attached hydrogens (tertiary/aromatic N) is 2. The molecule has 2 N–H and O–H groups in total. The zero-order chi connectivity index (χ0) is 15.0. The average molecular weight is 276 g/mol. The molecule has 0 aliphatic carbocycles. The molecule has 1 aromatic rings. The molecule has 0 aromatic carbocycles. The van der Waals surface area contributed by atoms with E-state index in [4.69, 9.17) is 10.1 Å². The number of ether oxygens (including phenoxy) is 1. The lowest BCUT2D eigenvalue weighted by molar-refractivity contribution is 0.175. The maximum atomic E-state index is 7.78. The molecule has 0 radical (unpaired) electrons. The summed E-state index contributed by atoms with van der Waals surface area (Å²) in [4.78, 5) is 7.96. The SMILES string of the molecule is CCCC(OC(=N)/N=C/NC(C)(C)C)c1ccncc1. The van der Waals surface area contributed by atoms with E-state index in [-0.39, 0.29) is 17.7 Å². The fraction of sp³-hybridized carbons (Fsp3) is 0.533. The molecule has 0 aliphatic rings.